The van der Waals surface area contributed by atoms with Crippen molar-refractivity contribution < 1.29 is 9.84 Å². The van der Waals surface area contributed by atoms with Crippen molar-refractivity contribution in [3.8, 4) is 0 Å². The Balaban J connectivity index is 2.35. The van der Waals surface area contributed by atoms with Crippen LogP contribution in [0.2, 0.25) is 0 Å². The number of aliphatic hydroxyl groups is 1. The highest BCUT2D eigenvalue weighted by Crippen LogP contribution is 2.38. The Morgan fingerprint density at radius 1 is 1.28 bits per heavy atom. The number of hydrogen-bond acceptors (Lipinski definition) is 2. The fraction of sp³-hybridized carbons (Fsp3) is 0.625. The highest BCUT2D eigenvalue weighted by atomic mass is 16.5. The van der Waals surface area contributed by atoms with Gasteiger partial charge in [0.25, 0.3) is 0 Å². The Kier molecular flexibility index (Phi) is 3.52. The summed E-state index contributed by atoms with van der Waals surface area (Å²) in [5.74, 6) is 0. The van der Waals surface area contributed by atoms with Crippen molar-refractivity contribution in [1.82, 2.24) is 0 Å². The molecule has 0 atom stereocenters. The molecule has 1 heterocycles. The van der Waals surface area contributed by atoms with Gasteiger partial charge in [-0.25, -0.2) is 0 Å². The van der Waals surface area contributed by atoms with E-state index >= 15 is 0 Å². The summed E-state index contributed by atoms with van der Waals surface area (Å²) >= 11 is 0. The molecule has 0 aromatic heterocycles. The molecule has 2 nitrogen and oxygen atoms in total. The molecule has 0 aliphatic carbocycles. The van der Waals surface area contributed by atoms with Crippen LogP contribution in [0.1, 0.15) is 43.9 Å². The quantitative estimate of drug-likeness (QED) is 0.891. The molecule has 0 saturated carbocycles. The zero-order valence-corrected chi connectivity index (χ0v) is 11.9. The summed E-state index contributed by atoms with van der Waals surface area (Å²) in [6.45, 7) is 10.6. The van der Waals surface area contributed by atoms with Gasteiger partial charge in [0, 0.05) is 12.0 Å². The molecule has 0 spiro atoms. The minimum atomic E-state index is 0.0508. The number of aliphatic hydroxyl groups excluding tert-OH is 1. The van der Waals surface area contributed by atoms with E-state index in [0.717, 1.165) is 19.6 Å². The number of aryl methyl sites for hydroxylation is 1. The van der Waals surface area contributed by atoms with Gasteiger partial charge in [-0.3, -0.25) is 0 Å². The van der Waals surface area contributed by atoms with E-state index in [9.17, 15) is 5.11 Å². The maximum atomic E-state index is 9.25. The van der Waals surface area contributed by atoms with Crippen LogP contribution < -0.4 is 0 Å². The van der Waals surface area contributed by atoms with Crippen molar-refractivity contribution in [1.29, 1.82) is 0 Å². The zero-order valence-electron chi connectivity index (χ0n) is 11.9. The van der Waals surface area contributed by atoms with Crippen LogP contribution in [0.3, 0.4) is 0 Å². The standard InChI is InChI=1S/C16H24O2/c1-12-9-13(15(2,3)4)5-6-14(12)16(7-8-17)10-18-11-16/h5-6,9,17H,7-8,10-11H2,1-4H3. The molecule has 2 heteroatoms. The van der Waals surface area contributed by atoms with Crippen LogP contribution in [0.25, 0.3) is 0 Å². The van der Waals surface area contributed by atoms with Crippen molar-refractivity contribution in [2.75, 3.05) is 19.8 Å². The zero-order chi connectivity index (χ0) is 13.4. The van der Waals surface area contributed by atoms with E-state index in [2.05, 4.69) is 45.9 Å². The lowest BCUT2D eigenvalue weighted by molar-refractivity contribution is -0.0703. The molecule has 1 aliphatic heterocycles. The van der Waals surface area contributed by atoms with Gasteiger partial charge in [-0.1, -0.05) is 39.0 Å². The van der Waals surface area contributed by atoms with Crippen molar-refractivity contribution in [2.24, 2.45) is 0 Å². The number of hydrogen-bond donors (Lipinski definition) is 1. The molecule has 1 aromatic carbocycles. The number of rotatable bonds is 3. The highest BCUT2D eigenvalue weighted by Gasteiger charge is 2.40. The fourth-order valence-electron chi connectivity index (χ4n) is 2.72. The van der Waals surface area contributed by atoms with Crippen LogP contribution in [0.5, 0.6) is 0 Å². The summed E-state index contributed by atoms with van der Waals surface area (Å²) < 4.78 is 5.39. The summed E-state index contributed by atoms with van der Waals surface area (Å²) in [5, 5.41) is 9.25. The van der Waals surface area contributed by atoms with Crippen molar-refractivity contribution in [3.05, 3.63) is 34.9 Å². The topological polar surface area (TPSA) is 29.5 Å². The second kappa shape index (κ2) is 4.67. The molecular weight excluding hydrogens is 224 g/mol. The molecule has 0 amide bonds. The van der Waals surface area contributed by atoms with E-state index in [1.165, 1.54) is 16.7 Å². The average molecular weight is 248 g/mol. The molecule has 1 aliphatic rings. The summed E-state index contributed by atoms with van der Waals surface area (Å²) in [6.07, 6.45) is 0.794. The first-order valence-electron chi connectivity index (χ1n) is 6.69. The Labute approximate surface area is 110 Å². The van der Waals surface area contributed by atoms with Gasteiger partial charge in [-0.05, 0) is 35.4 Å². The molecule has 1 saturated heterocycles. The molecule has 1 aromatic rings. The maximum Gasteiger partial charge on any atom is 0.0586 e. The maximum absolute atomic E-state index is 9.25. The van der Waals surface area contributed by atoms with Gasteiger partial charge in [0.05, 0.1) is 13.2 Å². The predicted molar refractivity (Wildman–Crippen MR) is 74.1 cm³/mol. The van der Waals surface area contributed by atoms with Crippen LogP contribution in [0.4, 0.5) is 0 Å². The average Bonchev–Trinajstić information content (AvgIpc) is 2.22. The summed E-state index contributed by atoms with van der Waals surface area (Å²) in [4.78, 5) is 0. The lowest BCUT2D eigenvalue weighted by atomic mass is 9.73. The van der Waals surface area contributed by atoms with Crippen molar-refractivity contribution in [3.63, 3.8) is 0 Å². The van der Waals surface area contributed by atoms with Crippen LogP contribution in [0.15, 0.2) is 18.2 Å². The van der Waals surface area contributed by atoms with Crippen LogP contribution in [0, 0.1) is 6.92 Å². The monoisotopic (exact) mass is 248 g/mol. The van der Waals surface area contributed by atoms with E-state index in [1.54, 1.807) is 0 Å². The lowest BCUT2D eigenvalue weighted by Crippen LogP contribution is -2.47. The van der Waals surface area contributed by atoms with Crippen LogP contribution in [-0.4, -0.2) is 24.9 Å². The third-order valence-corrected chi connectivity index (χ3v) is 4.01. The molecule has 100 valence electrons. The van der Waals surface area contributed by atoms with Gasteiger partial charge in [0.2, 0.25) is 0 Å². The minimum absolute atomic E-state index is 0.0508. The molecule has 0 radical (unpaired) electrons. The van der Waals surface area contributed by atoms with E-state index in [4.69, 9.17) is 4.74 Å². The SMILES string of the molecule is Cc1cc(C(C)(C)C)ccc1C1(CCO)COC1. The minimum Gasteiger partial charge on any atom is -0.396 e. The first-order chi connectivity index (χ1) is 8.39. The summed E-state index contributed by atoms with van der Waals surface area (Å²) in [6, 6.07) is 6.74. The normalized spacial score (nSPS) is 18.5. The van der Waals surface area contributed by atoms with Crippen molar-refractivity contribution in [2.45, 2.75) is 44.9 Å². The first kappa shape index (κ1) is 13.6. The largest absolute Gasteiger partial charge is 0.396 e. The smallest absolute Gasteiger partial charge is 0.0586 e. The van der Waals surface area contributed by atoms with E-state index in [-0.39, 0.29) is 17.4 Å². The third-order valence-electron chi connectivity index (χ3n) is 4.01. The molecule has 2 rings (SSSR count). The Bertz CT molecular complexity index is 425. The second-order valence-corrected chi connectivity index (χ2v) is 6.53. The Hall–Kier alpha value is -0.860. The molecule has 1 fully saturated rings. The van der Waals surface area contributed by atoms with E-state index < -0.39 is 0 Å². The molecular formula is C16H24O2. The van der Waals surface area contributed by atoms with Crippen LogP contribution in [-0.2, 0) is 15.6 Å². The Morgan fingerprint density at radius 2 is 1.94 bits per heavy atom. The van der Waals surface area contributed by atoms with E-state index in [0.29, 0.717) is 0 Å². The van der Waals surface area contributed by atoms with Crippen LogP contribution >= 0.6 is 0 Å². The third kappa shape index (κ3) is 2.32. The summed E-state index contributed by atoms with van der Waals surface area (Å²) in [7, 11) is 0. The molecule has 18 heavy (non-hydrogen) atoms. The Morgan fingerprint density at radius 3 is 2.33 bits per heavy atom. The predicted octanol–water partition coefficient (Wildman–Crippen LogP) is 2.94. The van der Waals surface area contributed by atoms with E-state index in [1.807, 2.05) is 0 Å². The lowest BCUT2D eigenvalue weighted by Gasteiger charge is -2.43. The number of benzene rings is 1. The fourth-order valence-corrected chi connectivity index (χ4v) is 2.72. The molecule has 1 N–H and O–H groups in total. The summed E-state index contributed by atoms with van der Waals surface area (Å²) in [5.41, 5.74) is 4.26. The van der Waals surface area contributed by atoms with Gasteiger partial charge in [0.1, 0.15) is 0 Å². The van der Waals surface area contributed by atoms with Crippen molar-refractivity contribution >= 4 is 0 Å². The second-order valence-electron chi connectivity index (χ2n) is 6.53. The van der Waals surface area contributed by atoms with Gasteiger partial charge in [-0.15, -0.1) is 0 Å². The molecule has 0 bridgehead atoms. The first-order valence-corrected chi connectivity index (χ1v) is 6.69. The van der Waals surface area contributed by atoms with Gasteiger partial charge < -0.3 is 9.84 Å². The highest BCUT2D eigenvalue weighted by molar-refractivity contribution is 5.40. The van der Waals surface area contributed by atoms with Gasteiger partial charge in [-0.2, -0.15) is 0 Å². The van der Waals surface area contributed by atoms with Gasteiger partial charge in [0.15, 0.2) is 0 Å². The number of ether oxygens (including phenoxy) is 1. The molecule has 0 unspecified atom stereocenters. The van der Waals surface area contributed by atoms with Gasteiger partial charge >= 0.3 is 0 Å².